The van der Waals surface area contributed by atoms with Gasteiger partial charge >= 0.3 is 0 Å². The molecular formula is C18H17N3O4S. The van der Waals surface area contributed by atoms with Gasteiger partial charge in [-0.25, -0.2) is 0 Å². The maximum atomic E-state index is 12.1. The number of hydrogen-bond acceptors (Lipinski definition) is 5. The SMILES string of the molecule is Cc1ccc(/C=C/C(=O)NNC(=O)CN2C(=O)COc3ccccc32)s1. The second kappa shape index (κ2) is 7.83. The largest absolute Gasteiger partial charge is 0.482 e. The Hall–Kier alpha value is -3.13. The highest BCUT2D eigenvalue weighted by molar-refractivity contribution is 7.12. The molecule has 1 aromatic heterocycles. The molecule has 3 rings (SSSR count). The van der Waals surface area contributed by atoms with Crippen LogP contribution in [0.4, 0.5) is 5.69 Å². The fourth-order valence-electron chi connectivity index (χ4n) is 2.38. The van der Waals surface area contributed by atoms with Gasteiger partial charge in [-0.1, -0.05) is 12.1 Å². The van der Waals surface area contributed by atoms with Crippen LogP contribution in [0.3, 0.4) is 0 Å². The fraction of sp³-hybridized carbons (Fsp3) is 0.167. The number of aryl methyl sites for hydroxylation is 1. The Balaban J connectivity index is 1.53. The first-order valence-electron chi connectivity index (χ1n) is 7.88. The minimum atomic E-state index is -0.510. The van der Waals surface area contributed by atoms with E-state index in [9.17, 15) is 14.4 Å². The number of fused-ring (bicyclic) bond motifs is 1. The molecule has 1 aliphatic heterocycles. The van der Waals surface area contributed by atoms with Crippen LogP contribution in [0.2, 0.25) is 0 Å². The molecule has 2 aromatic rings. The number of rotatable bonds is 4. The number of nitrogens with one attached hydrogen (secondary N) is 2. The average molecular weight is 371 g/mol. The highest BCUT2D eigenvalue weighted by Crippen LogP contribution is 2.31. The van der Waals surface area contributed by atoms with Crippen LogP contribution < -0.4 is 20.5 Å². The van der Waals surface area contributed by atoms with E-state index in [0.29, 0.717) is 11.4 Å². The minimum Gasteiger partial charge on any atom is -0.482 e. The quantitative estimate of drug-likeness (QED) is 0.632. The molecule has 8 heteroatoms. The molecule has 1 aromatic carbocycles. The number of carbonyl (C=O) groups excluding carboxylic acids is 3. The zero-order valence-electron chi connectivity index (χ0n) is 14.0. The Bertz CT molecular complexity index is 875. The Morgan fingerprint density at radius 3 is 2.81 bits per heavy atom. The van der Waals surface area contributed by atoms with Crippen LogP contribution >= 0.6 is 11.3 Å². The predicted molar refractivity (Wildman–Crippen MR) is 98.7 cm³/mol. The molecule has 0 spiro atoms. The number of hydrazine groups is 1. The summed E-state index contributed by atoms with van der Waals surface area (Å²) in [6.45, 7) is 1.64. The van der Waals surface area contributed by atoms with E-state index in [1.54, 1.807) is 41.7 Å². The Labute approximate surface area is 154 Å². The smallest absolute Gasteiger partial charge is 0.265 e. The van der Waals surface area contributed by atoms with E-state index in [4.69, 9.17) is 4.74 Å². The van der Waals surface area contributed by atoms with E-state index < -0.39 is 11.8 Å². The summed E-state index contributed by atoms with van der Waals surface area (Å²) in [6, 6.07) is 10.8. The van der Waals surface area contributed by atoms with Crippen LogP contribution in [-0.2, 0) is 14.4 Å². The van der Waals surface area contributed by atoms with Gasteiger partial charge in [0.15, 0.2) is 6.61 Å². The molecule has 134 valence electrons. The van der Waals surface area contributed by atoms with Gasteiger partial charge in [-0.3, -0.25) is 30.1 Å². The predicted octanol–water partition coefficient (Wildman–Crippen LogP) is 1.64. The number of ether oxygens (including phenoxy) is 1. The zero-order valence-corrected chi connectivity index (χ0v) is 14.8. The number of nitrogens with zero attached hydrogens (tertiary/aromatic N) is 1. The highest BCUT2D eigenvalue weighted by atomic mass is 32.1. The summed E-state index contributed by atoms with van der Waals surface area (Å²) in [5, 5.41) is 0. The number of anilines is 1. The summed E-state index contributed by atoms with van der Waals surface area (Å²) in [4.78, 5) is 39.3. The third kappa shape index (κ3) is 4.28. The molecule has 0 saturated heterocycles. The van der Waals surface area contributed by atoms with E-state index in [2.05, 4.69) is 10.9 Å². The molecule has 0 unspecified atom stereocenters. The monoisotopic (exact) mass is 371 g/mol. The molecule has 0 fully saturated rings. The first-order chi connectivity index (χ1) is 12.5. The normalized spacial score (nSPS) is 13.3. The fourth-order valence-corrected chi connectivity index (χ4v) is 3.16. The lowest BCUT2D eigenvalue weighted by Gasteiger charge is -2.28. The van der Waals surface area contributed by atoms with E-state index in [1.165, 1.54) is 11.0 Å². The van der Waals surface area contributed by atoms with Crippen molar-refractivity contribution in [1.82, 2.24) is 10.9 Å². The lowest BCUT2D eigenvalue weighted by atomic mass is 10.2. The third-order valence-corrected chi connectivity index (χ3v) is 4.56. The second-order valence-electron chi connectivity index (χ2n) is 5.56. The van der Waals surface area contributed by atoms with E-state index in [1.807, 2.05) is 19.1 Å². The van der Waals surface area contributed by atoms with Crippen LogP contribution in [-0.4, -0.2) is 30.9 Å². The van der Waals surface area contributed by atoms with Crippen molar-refractivity contribution in [3.8, 4) is 5.75 Å². The minimum absolute atomic E-state index is 0.125. The summed E-state index contributed by atoms with van der Waals surface area (Å²) in [5.74, 6) is -0.752. The Morgan fingerprint density at radius 2 is 2.04 bits per heavy atom. The van der Waals surface area contributed by atoms with Gasteiger partial charge in [-0.15, -0.1) is 11.3 Å². The van der Waals surface area contributed by atoms with E-state index >= 15 is 0 Å². The number of hydrogen-bond donors (Lipinski definition) is 2. The van der Waals surface area contributed by atoms with E-state index in [-0.39, 0.29) is 19.1 Å². The standard InChI is InChI=1S/C18H17N3O4S/c1-12-6-7-13(26-12)8-9-16(22)19-20-17(23)10-21-14-4-2-3-5-15(14)25-11-18(21)24/h2-9H,10-11H2,1H3,(H,19,22)(H,20,23)/b9-8+. The number of carbonyl (C=O) groups is 3. The van der Waals surface area contributed by atoms with Crippen molar-refractivity contribution in [2.75, 3.05) is 18.1 Å². The van der Waals surface area contributed by atoms with Crippen molar-refractivity contribution < 1.29 is 19.1 Å². The summed E-state index contributed by atoms with van der Waals surface area (Å²) in [7, 11) is 0. The summed E-state index contributed by atoms with van der Waals surface area (Å²) in [5.41, 5.74) is 5.13. The molecule has 2 heterocycles. The van der Waals surface area contributed by atoms with Crippen LogP contribution in [0.15, 0.2) is 42.5 Å². The zero-order chi connectivity index (χ0) is 18.5. The van der Waals surface area contributed by atoms with Crippen molar-refractivity contribution in [2.45, 2.75) is 6.92 Å². The van der Waals surface area contributed by atoms with Crippen molar-refractivity contribution in [1.29, 1.82) is 0 Å². The van der Waals surface area contributed by atoms with Gasteiger partial charge in [-0.2, -0.15) is 0 Å². The number of amides is 3. The van der Waals surface area contributed by atoms with E-state index in [0.717, 1.165) is 9.75 Å². The molecule has 0 atom stereocenters. The van der Waals surface area contributed by atoms with Crippen LogP contribution in [0, 0.1) is 6.92 Å². The number of para-hydroxylation sites is 2. The molecule has 0 aliphatic carbocycles. The Kier molecular flexibility index (Phi) is 5.33. The van der Waals surface area contributed by atoms with Crippen molar-refractivity contribution in [3.63, 3.8) is 0 Å². The lowest BCUT2D eigenvalue weighted by Crippen LogP contribution is -2.49. The van der Waals surface area contributed by atoms with Crippen molar-refractivity contribution in [3.05, 3.63) is 52.2 Å². The molecule has 2 N–H and O–H groups in total. The van der Waals surface area contributed by atoms with Crippen LogP contribution in [0.5, 0.6) is 5.75 Å². The molecule has 0 radical (unpaired) electrons. The topological polar surface area (TPSA) is 87.7 Å². The number of thiophene rings is 1. The van der Waals surface area contributed by atoms with Crippen LogP contribution in [0.25, 0.3) is 6.08 Å². The average Bonchev–Trinajstić information content (AvgIpc) is 3.06. The van der Waals surface area contributed by atoms with Crippen LogP contribution in [0.1, 0.15) is 9.75 Å². The summed E-state index contributed by atoms with van der Waals surface area (Å²) < 4.78 is 5.32. The molecule has 0 saturated carbocycles. The van der Waals surface area contributed by atoms with Gasteiger partial charge in [-0.05, 0) is 37.3 Å². The van der Waals surface area contributed by atoms with Gasteiger partial charge < -0.3 is 4.74 Å². The molecular weight excluding hydrogens is 354 g/mol. The lowest BCUT2D eigenvalue weighted by molar-refractivity contribution is -0.127. The summed E-state index contributed by atoms with van der Waals surface area (Å²) >= 11 is 1.56. The van der Waals surface area contributed by atoms with Gasteiger partial charge in [0.1, 0.15) is 12.3 Å². The van der Waals surface area contributed by atoms with Gasteiger partial charge in [0.25, 0.3) is 17.7 Å². The van der Waals surface area contributed by atoms with Crippen molar-refractivity contribution in [2.24, 2.45) is 0 Å². The third-order valence-electron chi connectivity index (χ3n) is 3.60. The first kappa shape index (κ1) is 17.7. The number of benzene rings is 1. The maximum Gasteiger partial charge on any atom is 0.265 e. The maximum absolute atomic E-state index is 12.1. The molecule has 1 aliphatic rings. The Morgan fingerprint density at radius 1 is 1.23 bits per heavy atom. The van der Waals surface area contributed by atoms with Gasteiger partial charge in [0.05, 0.1) is 5.69 Å². The van der Waals surface area contributed by atoms with Gasteiger partial charge in [0.2, 0.25) is 0 Å². The molecule has 0 bridgehead atoms. The molecule has 26 heavy (non-hydrogen) atoms. The first-order valence-corrected chi connectivity index (χ1v) is 8.70. The summed E-state index contributed by atoms with van der Waals surface area (Å²) in [6.07, 6.45) is 3.00. The van der Waals surface area contributed by atoms with Gasteiger partial charge in [0, 0.05) is 15.8 Å². The van der Waals surface area contributed by atoms with Crippen molar-refractivity contribution >= 4 is 40.8 Å². The highest BCUT2D eigenvalue weighted by Gasteiger charge is 2.26. The molecule has 7 nitrogen and oxygen atoms in total. The second-order valence-corrected chi connectivity index (χ2v) is 6.87. The molecule has 3 amide bonds.